The van der Waals surface area contributed by atoms with E-state index in [2.05, 4.69) is 44.9 Å². The Labute approximate surface area is 105 Å². The van der Waals surface area contributed by atoms with Gasteiger partial charge in [-0.05, 0) is 62.9 Å². The third kappa shape index (κ3) is 2.53. The van der Waals surface area contributed by atoms with Gasteiger partial charge in [0.2, 0.25) is 0 Å². The van der Waals surface area contributed by atoms with E-state index in [9.17, 15) is 0 Å². The van der Waals surface area contributed by atoms with Gasteiger partial charge < -0.3 is 5.73 Å². The van der Waals surface area contributed by atoms with Crippen molar-refractivity contribution in [2.24, 2.45) is 5.73 Å². The zero-order chi connectivity index (χ0) is 12.6. The average molecular weight is 232 g/mol. The predicted octanol–water partition coefficient (Wildman–Crippen LogP) is 2.71. The van der Waals surface area contributed by atoms with Crippen LogP contribution in [0, 0.1) is 20.8 Å². The Hall–Kier alpha value is -0.860. The first-order chi connectivity index (χ1) is 8.04. The molecular formula is C15H24N2. The van der Waals surface area contributed by atoms with E-state index in [-0.39, 0.29) is 0 Å². The quantitative estimate of drug-likeness (QED) is 0.865. The number of likely N-dealkylation sites (N-methyl/N-ethyl adjacent to an activating group) is 1. The maximum atomic E-state index is 5.99. The molecule has 0 radical (unpaired) electrons. The van der Waals surface area contributed by atoms with E-state index in [0.717, 1.165) is 6.04 Å². The molecule has 0 spiro atoms. The van der Waals surface area contributed by atoms with E-state index in [1.165, 1.54) is 35.1 Å². The molecule has 1 unspecified atom stereocenters. The molecule has 0 amide bonds. The summed E-state index contributed by atoms with van der Waals surface area (Å²) in [6.45, 7) is 7.26. The van der Waals surface area contributed by atoms with Gasteiger partial charge in [0.25, 0.3) is 0 Å². The van der Waals surface area contributed by atoms with E-state index in [1.807, 2.05) is 0 Å². The Morgan fingerprint density at radius 2 is 1.76 bits per heavy atom. The molecule has 0 bridgehead atoms. The molecule has 0 aliphatic heterocycles. The van der Waals surface area contributed by atoms with Crippen molar-refractivity contribution < 1.29 is 0 Å². The van der Waals surface area contributed by atoms with Crippen LogP contribution < -0.4 is 5.73 Å². The van der Waals surface area contributed by atoms with Crippen molar-refractivity contribution in [1.29, 1.82) is 0 Å². The Morgan fingerprint density at radius 3 is 2.29 bits per heavy atom. The average Bonchev–Trinajstić information content (AvgIpc) is 3.09. The van der Waals surface area contributed by atoms with Gasteiger partial charge in [0.1, 0.15) is 0 Å². The lowest BCUT2D eigenvalue weighted by Gasteiger charge is -2.29. The van der Waals surface area contributed by atoms with Crippen molar-refractivity contribution in [3.8, 4) is 0 Å². The number of aryl methyl sites for hydroxylation is 3. The normalized spacial score (nSPS) is 17.5. The summed E-state index contributed by atoms with van der Waals surface area (Å²) in [5.74, 6) is 0. The molecule has 0 heterocycles. The molecule has 0 saturated heterocycles. The fourth-order valence-corrected chi connectivity index (χ4v) is 2.59. The monoisotopic (exact) mass is 232 g/mol. The Kier molecular flexibility index (Phi) is 3.55. The van der Waals surface area contributed by atoms with Crippen LogP contribution in [0.3, 0.4) is 0 Å². The highest BCUT2D eigenvalue weighted by Gasteiger charge is 2.31. The van der Waals surface area contributed by atoms with E-state index in [0.29, 0.717) is 12.6 Å². The molecule has 2 N–H and O–H groups in total. The first kappa shape index (κ1) is 12.6. The Morgan fingerprint density at radius 1 is 1.18 bits per heavy atom. The topological polar surface area (TPSA) is 29.3 Å². The zero-order valence-electron chi connectivity index (χ0n) is 11.5. The van der Waals surface area contributed by atoms with E-state index < -0.39 is 0 Å². The van der Waals surface area contributed by atoms with Crippen LogP contribution in [-0.4, -0.2) is 24.5 Å². The number of nitrogens with two attached hydrogens (primary N) is 1. The molecule has 1 fully saturated rings. The van der Waals surface area contributed by atoms with Gasteiger partial charge in [-0.1, -0.05) is 12.1 Å². The van der Waals surface area contributed by atoms with Crippen molar-refractivity contribution in [3.63, 3.8) is 0 Å². The molecule has 2 rings (SSSR count). The minimum absolute atomic E-state index is 0.377. The molecule has 1 aromatic carbocycles. The van der Waals surface area contributed by atoms with Crippen LogP contribution in [0.15, 0.2) is 12.1 Å². The standard InChI is InChI=1S/C15H24N2/c1-10-7-12(3)14(8-11(10)2)15(9-16)17(4)13-5-6-13/h7-8,13,15H,5-6,9,16H2,1-4H3. The minimum Gasteiger partial charge on any atom is -0.329 e. The molecule has 1 aliphatic rings. The largest absolute Gasteiger partial charge is 0.329 e. The second-order valence-electron chi connectivity index (χ2n) is 5.44. The lowest BCUT2D eigenvalue weighted by Crippen LogP contribution is -2.32. The van der Waals surface area contributed by atoms with E-state index in [1.54, 1.807) is 0 Å². The molecule has 17 heavy (non-hydrogen) atoms. The van der Waals surface area contributed by atoms with Crippen molar-refractivity contribution in [2.75, 3.05) is 13.6 Å². The second kappa shape index (κ2) is 4.79. The van der Waals surface area contributed by atoms with Gasteiger partial charge in [0.05, 0.1) is 0 Å². The summed E-state index contributed by atoms with van der Waals surface area (Å²) in [6.07, 6.45) is 2.66. The molecule has 2 nitrogen and oxygen atoms in total. The molecule has 1 aromatic rings. The van der Waals surface area contributed by atoms with Crippen LogP contribution >= 0.6 is 0 Å². The highest BCUT2D eigenvalue weighted by Crippen LogP contribution is 2.34. The third-order valence-corrected chi connectivity index (χ3v) is 4.08. The summed E-state index contributed by atoms with van der Waals surface area (Å²) in [7, 11) is 2.21. The SMILES string of the molecule is Cc1cc(C)c(C(CN)N(C)C2CC2)cc1C. The second-order valence-corrected chi connectivity index (χ2v) is 5.44. The van der Waals surface area contributed by atoms with Crippen LogP contribution in [0.1, 0.15) is 41.1 Å². The van der Waals surface area contributed by atoms with E-state index >= 15 is 0 Å². The summed E-state index contributed by atoms with van der Waals surface area (Å²) in [5.41, 5.74) is 11.5. The first-order valence-electron chi connectivity index (χ1n) is 6.54. The number of hydrogen-bond donors (Lipinski definition) is 1. The van der Waals surface area contributed by atoms with Gasteiger partial charge in [-0.25, -0.2) is 0 Å². The number of hydrogen-bond acceptors (Lipinski definition) is 2. The predicted molar refractivity (Wildman–Crippen MR) is 73.2 cm³/mol. The Bertz CT molecular complexity index is 408. The molecule has 1 atom stereocenters. The summed E-state index contributed by atoms with van der Waals surface area (Å²) in [4.78, 5) is 2.46. The van der Waals surface area contributed by atoms with Crippen LogP contribution in [0.2, 0.25) is 0 Å². The Balaban J connectivity index is 2.32. The lowest BCUT2D eigenvalue weighted by atomic mass is 9.95. The summed E-state index contributed by atoms with van der Waals surface area (Å²) < 4.78 is 0. The maximum absolute atomic E-state index is 5.99. The van der Waals surface area contributed by atoms with Gasteiger partial charge in [0, 0.05) is 18.6 Å². The molecule has 0 aromatic heterocycles. The van der Waals surface area contributed by atoms with Crippen LogP contribution in [0.4, 0.5) is 0 Å². The highest BCUT2D eigenvalue weighted by atomic mass is 15.2. The van der Waals surface area contributed by atoms with Gasteiger partial charge in [-0.3, -0.25) is 4.90 Å². The third-order valence-electron chi connectivity index (χ3n) is 4.08. The zero-order valence-corrected chi connectivity index (χ0v) is 11.5. The van der Waals surface area contributed by atoms with Crippen molar-refractivity contribution in [3.05, 3.63) is 34.4 Å². The van der Waals surface area contributed by atoms with Gasteiger partial charge in [0.15, 0.2) is 0 Å². The molecule has 94 valence electrons. The lowest BCUT2D eigenvalue weighted by molar-refractivity contribution is 0.239. The highest BCUT2D eigenvalue weighted by molar-refractivity contribution is 5.38. The van der Waals surface area contributed by atoms with E-state index in [4.69, 9.17) is 5.73 Å². The number of benzene rings is 1. The van der Waals surface area contributed by atoms with Gasteiger partial charge in [-0.15, -0.1) is 0 Å². The first-order valence-corrected chi connectivity index (χ1v) is 6.54. The smallest absolute Gasteiger partial charge is 0.0473 e. The summed E-state index contributed by atoms with van der Waals surface area (Å²) >= 11 is 0. The number of nitrogens with zero attached hydrogens (tertiary/aromatic N) is 1. The van der Waals surface area contributed by atoms with Crippen molar-refractivity contribution in [1.82, 2.24) is 4.90 Å². The minimum atomic E-state index is 0.377. The summed E-state index contributed by atoms with van der Waals surface area (Å²) in [6, 6.07) is 5.74. The van der Waals surface area contributed by atoms with Crippen molar-refractivity contribution >= 4 is 0 Å². The maximum Gasteiger partial charge on any atom is 0.0473 e. The molecule has 2 heteroatoms. The van der Waals surface area contributed by atoms with Gasteiger partial charge in [-0.2, -0.15) is 0 Å². The van der Waals surface area contributed by atoms with Crippen LogP contribution in [0.5, 0.6) is 0 Å². The fraction of sp³-hybridized carbons (Fsp3) is 0.600. The fourth-order valence-electron chi connectivity index (χ4n) is 2.59. The van der Waals surface area contributed by atoms with Crippen molar-refractivity contribution in [2.45, 2.75) is 45.7 Å². The van der Waals surface area contributed by atoms with Gasteiger partial charge >= 0.3 is 0 Å². The molecule has 1 saturated carbocycles. The summed E-state index contributed by atoms with van der Waals surface area (Å²) in [5, 5.41) is 0. The van der Waals surface area contributed by atoms with Crippen LogP contribution in [-0.2, 0) is 0 Å². The number of rotatable bonds is 4. The molecule has 1 aliphatic carbocycles. The molecular weight excluding hydrogens is 208 g/mol. The van der Waals surface area contributed by atoms with Crippen LogP contribution in [0.25, 0.3) is 0 Å².